The molecule has 1 aromatic heterocycles. The molecule has 3 aromatic rings. The van der Waals surface area contributed by atoms with Crippen LogP contribution in [0.15, 0.2) is 54.7 Å². The molecule has 0 bridgehead atoms. The van der Waals surface area contributed by atoms with Crippen molar-refractivity contribution >= 4 is 34.5 Å². The van der Waals surface area contributed by atoms with E-state index in [1.807, 2.05) is 0 Å². The number of methoxy groups -OCH3 is 1. The highest BCUT2D eigenvalue weighted by Gasteiger charge is 2.10. The van der Waals surface area contributed by atoms with Gasteiger partial charge in [0, 0.05) is 17.7 Å². The lowest BCUT2D eigenvalue weighted by Gasteiger charge is -2.09. The number of hydrogen-bond acceptors (Lipinski definition) is 6. The number of carbonyl (C=O) groups is 2. The van der Waals surface area contributed by atoms with Crippen LogP contribution in [0.4, 0.5) is 5.69 Å². The number of ether oxygens (including phenoxy) is 1. The third-order valence-corrected chi connectivity index (χ3v) is 4.08. The maximum Gasteiger partial charge on any atom is 0.244 e. The summed E-state index contributed by atoms with van der Waals surface area (Å²) in [6.07, 6.45) is 4.36. The molecule has 148 valence electrons. The summed E-state index contributed by atoms with van der Waals surface area (Å²) >= 11 is 0. The molecule has 0 saturated heterocycles. The summed E-state index contributed by atoms with van der Waals surface area (Å²) in [5, 5.41) is 25.2. The average molecular weight is 393 g/mol. The van der Waals surface area contributed by atoms with Gasteiger partial charge in [0.05, 0.1) is 19.3 Å². The quantitative estimate of drug-likeness (QED) is 0.377. The number of pyridine rings is 1. The highest BCUT2D eigenvalue weighted by molar-refractivity contribution is 6.04. The van der Waals surface area contributed by atoms with Crippen LogP contribution in [0.25, 0.3) is 17.0 Å². The first-order valence-electron chi connectivity index (χ1n) is 8.67. The van der Waals surface area contributed by atoms with Gasteiger partial charge in [0.2, 0.25) is 11.8 Å². The van der Waals surface area contributed by atoms with Gasteiger partial charge in [-0.2, -0.15) is 0 Å². The molecular weight excluding hydrogens is 374 g/mol. The largest absolute Gasteiger partial charge is 0.506 e. The Kier molecular flexibility index (Phi) is 5.94. The number of hydrogen-bond donors (Lipinski definition) is 4. The fraction of sp³-hybridized carbons (Fsp3) is 0.0952. The van der Waals surface area contributed by atoms with Crippen molar-refractivity contribution < 1.29 is 24.5 Å². The van der Waals surface area contributed by atoms with E-state index in [-0.39, 0.29) is 18.0 Å². The minimum Gasteiger partial charge on any atom is -0.506 e. The third-order valence-electron chi connectivity index (χ3n) is 4.08. The van der Waals surface area contributed by atoms with Crippen LogP contribution < -0.4 is 15.4 Å². The molecule has 0 fully saturated rings. The molecule has 8 nitrogen and oxygen atoms in total. The highest BCUT2D eigenvalue weighted by atomic mass is 16.5. The van der Waals surface area contributed by atoms with Gasteiger partial charge in [-0.15, -0.1) is 0 Å². The van der Waals surface area contributed by atoms with Gasteiger partial charge in [-0.05, 0) is 48.0 Å². The number of nitrogens with one attached hydrogen (secondary N) is 2. The van der Waals surface area contributed by atoms with Crippen LogP contribution in [-0.4, -0.2) is 40.7 Å². The predicted octanol–water partition coefficient (Wildman–Crippen LogP) is 2.42. The molecule has 0 saturated carbocycles. The van der Waals surface area contributed by atoms with E-state index in [1.165, 1.54) is 31.4 Å². The molecule has 1 heterocycles. The van der Waals surface area contributed by atoms with Crippen molar-refractivity contribution in [2.75, 3.05) is 19.0 Å². The molecule has 0 unspecified atom stereocenters. The van der Waals surface area contributed by atoms with Crippen LogP contribution in [-0.2, 0) is 9.59 Å². The van der Waals surface area contributed by atoms with Crippen molar-refractivity contribution in [2.24, 2.45) is 0 Å². The lowest BCUT2D eigenvalue weighted by molar-refractivity contribution is -0.121. The van der Waals surface area contributed by atoms with E-state index in [0.29, 0.717) is 27.9 Å². The van der Waals surface area contributed by atoms with E-state index >= 15 is 0 Å². The number of phenols is 2. The Balaban J connectivity index is 1.58. The second-order valence-electron chi connectivity index (χ2n) is 6.06. The summed E-state index contributed by atoms with van der Waals surface area (Å²) in [4.78, 5) is 28.2. The van der Waals surface area contributed by atoms with Gasteiger partial charge in [0.25, 0.3) is 0 Å². The smallest absolute Gasteiger partial charge is 0.244 e. The average Bonchev–Trinajstić information content (AvgIpc) is 2.74. The van der Waals surface area contributed by atoms with E-state index in [1.54, 1.807) is 36.5 Å². The second kappa shape index (κ2) is 8.75. The van der Waals surface area contributed by atoms with Gasteiger partial charge in [-0.3, -0.25) is 14.6 Å². The van der Waals surface area contributed by atoms with Gasteiger partial charge < -0.3 is 25.6 Å². The standard InChI is InChI=1S/C21H19N3O5/c1-29-18-11-13(4-7-16(18)25)5-9-19(27)23-12-20(28)24-15-6-8-17(26)21-14(15)3-2-10-22-21/h2-11,25-26H,12H2,1H3,(H,23,27)(H,24,28)/b9-5+. The number of amides is 2. The Morgan fingerprint density at radius 3 is 2.72 bits per heavy atom. The SMILES string of the molecule is COc1cc(/C=C/C(=O)NCC(=O)Nc2ccc(O)c3ncccc23)ccc1O. The van der Waals surface area contributed by atoms with Crippen molar-refractivity contribution in [3.05, 3.63) is 60.3 Å². The third kappa shape index (κ3) is 4.81. The van der Waals surface area contributed by atoms with E-state index in [9.17, 15) is 19.8 Å². The van der Waals surface area contributed by atoms with Gasteiger partial charge in [0.1, 0.15) is 11.3 Å². The van der Waals surface area contributed by atoms with Crippen molar-refractivity contribution in [3.8, 4) is 17.2 Å². The number of benzene rings is 2. The number of aromatic nitrogens is 1. The fourth-order valence-corrected chi connectivity index (χ4v) is 2.66. The topological polar surface area (TPSA) is 121 Å². The minimum absolute atomic E-state index is 0.00253. The molecule has 0 aliphatic heterocycles. The normalized spacial score (nSPS) is 10.8. The molecule has 8 heteroatoms. The molecule has 29 heavy (non-hydrogen) atoms. The first-order chi connectivity index (χ1) is 14.0. The summed E-state index contributed by atoms with van der Waals surface area (Å²) in [5.74, 6) is -0.563. The molecule has 0 spiro atoms. The van der Waals surface area contributed by atoms with Gasteiger partial charge in [-0.25, -0.2) is 0 Å². The van der Waals surface area contributed by atoms with E-state index < -0.39 is 11.8 Å². The zero-order valence-electron chi connectivity index (χ0n) is 15.5. The Morgan fingerprint density at radius 2 is 1.93 bits per heavy atom. The minimum atomic E-state index is -0.454. The lowest BCUT2D eigenvalue weighted by atomic mass is 10.1. The molecule has 0 atom stereocenters. The predicted molar refractivity (Wildman–Crippen MR) is 109 cm³/mol. The number of anilines is 1. The van der Waals surface area contributed by atoms with Crippen molar-refractivity contribution in [2.45, 2.75) is 0 Å². The maximum atomic E-state index is 12.2. The molecule has 4 N–H and O–H groups in total. The highest BCUT2D eigenvalue weighted by Crippen LogP contribution is 2.29. The van der Waals surface area contributed by atoms with Gasteiger partial charge in [-0.1, -0.05) is 6.07 Å². The summed E-state index contributed by atoms with van der Waals surface area (Å²) in [6, 6.07) is 11.1. The zero-order valence-corrected chi connectivity index (χ0v) is 15.5. The Bertz CT molecular complexity index is 1090. The number of phenolic OH excluding ortho intramolecular Hbond substituents is 2. The van der Waals surface area contributed by atoms with Crippen LogP contribution in [0.1, 0.15) is 5.56 Å². The number of carbonyl (C=O) groups excluding carboxylic acids is 2. The van der Waals surface area contributed by atoms with Crippen LogP contribution in [0.5, 0.6) is 17.2 Å². The maximum absolute atomic E-state index is 12.2. The van der Waals surface area contributed by atoms with E-state index in [2.05, 4.69) is 15.6 Å². The molecule has 0 aliphatic carbocycles. The summed E-state index contributed by atoms with van der Waals surface area (Å²) in [7, 11) is 1.43. The number of nitrogens with zero attached hydrogens (tertiary/aromatic N) is 1. The Hall–Kier alpha value is -4.07. The van der Waals surface area contributed by atoms with Crippen molar-refractivity contribution in [1.29, 1.82) is 0 Å². The van der Waals surface area contributed by atoms with E-state index in [4.69, 9.17) is 4.74 Å². The molecule has 2 amide bonds. The monoisotopic (exact) mass is 393 g/mol. The first kappa shape index (κ1) is 19.7. The van der Waals surface area contributed by atoms with Crippen LogP contribution in [0.2, 0.25) is 0 Å². The van der Waals surface area contributed by atoms with Crippen LogP contribution in [0, 0.1) is 0 Å². The molecule has 2 aromatic carbocycles. The van der Waals surface area contributed by atoms with Gasteiger partial charge in [0.15, 0.2) is 11.5 Å². The summed E-state index contributed by atoms with van der Waals surface area (Å²) < 4.78 is 5.01. The summed E-state index contributed by atoms with van der Waals surface area (Å²) in [6.45, 7) is -0.231. The van der Waals surface area contributed by atoms with Crippen molar-refractivity contribution in [3.63, 3.8) is 0 Å². The molecular formula is C21H19N3O5. The lowest BCUT2D eigenvalue weighted by Crippen LogP contribution is -2.31. The first-order valence-corrected chi connectivity index (χ1v) is 8.67. The Labute approximate surface area is 166 Å². The second-order valence-corrected chi connectivity index (χ2v) is 6.06. The fourth-order valence-electron chi connectivity index (χ4n) is 2.66. The number of fused-ring (bicyclic) bond motifs is 1. The van der Waals surface area contributed by atoms with Crippen molar-refractivity contribution in [1.82, 2.24) is 10.3 Å². The van der Waals surface area contributed by atoms with Crippen LogP contribution in [0.3, 0.4) is 0 Å². The molecule has 0 aliphatic rings. The zero-order chi connectivity index (χ0) is 20.8. The van der Waals surface area contributed by atoms with Crippen LogP contribution >= 0.6 is 0 Å². The molecule has 3 rings (SSSR count). The van der Waals surface area contributed by atoms with Gasteiger partial charge >= 0.3 is 0 Å². The number of rotatable bonds is 6. The number of aromatic hydroxyl groups is 2. The summed E-state index contributed by atoms with van der Waals surface area (Å²) in [5.41, 5.74) is 1.51. The van der Waals surface area contributed by atoms with E-state index in [0.717, 1.165) is 0 Å². The molecule has 0 radical (unpaired) electrons. The Morgan fingerprint density at radius 1 is 1.14 bits per heavy atom.